The molecule has 0 heterocycles. The van der Waals surface area contributed by atoms with Gasteiger partial charge in [-0.15, -0.1) is 0 Å². The van der Waals surface area contributed by atoms with Crippen LogP contribution in [0.3, 0.4) is 0 Å². The summed E-state index contributed by atoms with van der Waals surface area (Å²) in [5, 5.41) is 9.81. The molecule has 1 unspecified atom stereocenters. The Morgan fingerprint density at radius 2 is 0.923 bits per heavy atom. The van der Waals surface area contributed by atoms with Crippen molar-refractivity contribution in [3.8, 4) is 0 Å². The van der Waals surface area contributed by atoms with Gasteiger partial charge in [0, 0.05) is 0 Å². The van der Waals surface area contributed by atoms with Gasteiger partial charge in [0.2, 0.25) is 0 Å². The molecule has 0 amide bonds. The van der Waals surface area contributed by atoms with E-state index in [1.54, 1.807) is 0 Å². The van der Waals surface area contributed by atoms with Crippen molar-refractivity contribution in [2.75, 3.05) is 27.2 Å². The first kappa shape index (κ1) is 25.9. The van der Waals surface area contributed by atoms with Crippen LogP contribution in [0.1, 0.15) is 123 Å². The lowest BCUT2D eigenvalue weighted by Gasteiger charge is -2.31. The number of nitrogens with zero attached hydrogens (tertiary/aromatic N) is 1. The lowest BCUT2D eigenvalue weighted by Crippen LogP contribution is -2.45. The van der Waals surface area contributed by atoms with Gasteiger partial charge in [0.15, 0.2) is 0 Å². The average molecular weight is 371 g/mol. The third-order valence-corrected chi connectivity index (χ3v) is 5.79. The van der Waals surface area contributed by atoms with Crippen molar-refractivity contribution >= 4 is 0 Å². The molecule has 0 rings (SSSR count). The lowest BCUT2D eigenvalue weighted by atomic mass is 10.0. The summed E-state index contributed by atoms with van der Waals surface area (Å²) in [5.74, 6) is 0. The summed E-state index contributed by atoms with van der Waals surface area (Å²) in [7, 11) is 4.51. The van der Waals surface area contributed by atoms with Crippen LogP contribution in [-0.2, 0) is 0 Å². The number of aliphatic hydroxyl groups excluding tert-OH is 1. The van der Waals surface area contributed by atoms with Crippen molar-refractivity contribution < 1.29 is 9.59 Å². The number of likely N-dealkylation sites (N-methyl/N-ethyl adjacent to an activating group) is 1. The molecule has 0 aliphatic heterocycles. The minimum atomic E-state index is -0.133. The van der Waals surface area contributed by atoms with E-state index in [0.717, 1.165) is 17.4 Å². The second kappa shape index (κ2) is 18.3. The van der Waals surface area contributed by atoms with Gasteiger partial charge >= 0.3 is 0 Å². The molecule has 0 aromatic heterocycles. The molecule has 0 aromatic rings. The molecule has 1 N–H and O–H groups in total. The Balaban J connectivity index is 3.22. The standard InChI is InChI=1S/C24H52NO/c1-5-7-8-9-10-11-12-13-14-15-16-17-18-19-20-21-22-25(3,4)23-24(26)6-2/h24,26H,5-23H2,1-4H3/q+1. The quantitative estimate of drug-likeness (QED) is 0.179. The first-order valence-corrected chi connectivity index (χ1v) is 12.0. The topological polar surface area (TPSA) is 20.2 Å². The Morgan fingerprint density at radius 3 is 1.27 bits per heavy atom. The van der Waals surface area contributed by atoms with Crippen LogP contribution in [0.25, 0.3) is 0 Å². The van der Waals surface area contributed by atoms with Crippen LogP contribution in [0.4, 0.5) is 0 Å². The maximum Gasteiger partial charge on any atom is 0.105 e. The van der Waals surface area contributed by atoms with Crippen LogP contribution in [0.2, 0.25) is 0 Å². The van der Waals surface area contributed by atoms with E-state index in [-0.39, 0.29) is 6.10 Å². The van der Waals surface area contributed by atoms with Crippen LogP contribution < -0.4 is 0 Å². The van der Waals surface area contributed by atoms with Gasteiger partial charge in [0.25, 0.3) is 0 Å². The summed E-state index contributed by atoms with van der Waals surface area (Å²) in [5.41, 5.74) is 0. The summed E-state index contributed by atoms with van der Waals surface area (Å²) < 4.78 is 0.966. The molecule has 0 spiro atoms. The van der Waals surface area contributed by atoms with Crippen molar-refractivity contribution in [2.24, 2.45) is 0 Å². The van der Waals surface area contributed by atoms with Gasteiger partial charge in [0.1, 0.15) is 12.6 Å². The third-order valence-electron chi connectivity index (χ3n) is 5.79. The van der Waals surface area contributed by atoms with Gasteiger partial charge in [-0.25, -0.2) is 0 Å². The van der Waals surface area contributed by atoms with E-state index in [2.05, 4.69) is 27.9 Å². The number of rotatable bonds is 20. The minimum absolute atomic E-state index is 0.133. The average Bonchev–Trinajstić information content (AvgIpc) is 2.60. The highest BCUT2D eigenvalue weighted by Crippen LogP contribution is 2.14. The van der Waals surface area contributed by atoms with E-state index >= 15 is 0 Å². The van der Waals surface area contributed by atoms with Gasteiger partial charge in [-0.05, 0) is 19.3 Å². The normalized spacial score (nSPS) is 13.3. The van der Waals surface area contributed by atoms with Crippen LogP contribution in [0, 0.1) is 0 Å². The van der Waals surface area contributed by atoms with Gasteiger partial charge in [-0.1, -0.05) is 104 Å². The summed E-state index contributed by atoms with van der Waals surface area (Å²) in [4.78, 5) is 0. The predicted molar refractivity (Wildman–Crippen MR) is 118 cm³/mol. The molecule has 0 aliphatic rings. The summed E-state index contributed by atoms with van der Waals surface area (Å²) in [6, 6.07) is 0. The molecule has 0 aromatic carbocycles. The van der Waals surface area contributed by atoms with Gasteiger partial charge in [0.05, 0.1) is 20.6 Å². The number of hydrogen-bond acceptors (Lipinski definition) is 1. The smallest absolute Gasteiger partial charge is 0.105 e. The Bertz CT molecular complexity index is 277. The molecule has 0 radical (unpaired) electrons. The van der Waals surface area contributed by atoms with E-state index in [1.807, 2.05) is 0 Å². The molecule has 0 fully saturated rings. The van der Waals surface area contributed by atoms with Crippen molar-refractivity contribution in [2.45, 2.75) is 129 Å². The third kappa shape index (κ3) is 18.7. The highest BCUT2D eigenvalue weighted by atomic mass is 16.3. The van der Waals surface area contributed by atoms with E-state index in [4.69, 9.17) is 0 Å². The number of unbranched alkanes of at least 4 members (excludes halogenated alkanes) is 15. The Kier molecular flexibility index (Phi) is 18.2. The molecular formula is C24H52NO+. The largest absolute Gasteiger partial charge is 0.387 e. The van der Waals surface area contributed by atoms with Gasteiger partial charge < -0.3 is 9.59 Å². The molecule has 0 saturated carbocycles. The SMILES string of the molecule is CCCCCCCCCCCCCCCCCC[N+](C)(C)CC(O)CC. The van der Waals surface area contributed by atoms with Crippen LogP contribution in [0.15, 0.2) is 0 Å². The minimum Gasteiger partial charge on any atom is -0.387 e. The van der Waals surface area contributed by atoms with Crippen molar-refractivity contribution in [3.63, 3.8) is 0 Å². The molecule has 2 nitrogen and oxygen atoms in total. The van der Waals surface area contributed by atoms with Crippen molar-refractivity contribution in [1.29, 1.82) is 0 Å². The summed E-state index contributed by atoms with van der Waals surface area (Å²) >= 11 is 0. The Hall–Kier alpha value is -0.0800. The molecule has 2 heteroatoms. The summed E-state index contributed by atoms with van der Waals surface area (Å²) in [6.45, 7) is 6.46. The second-order valence-corrected chi connectivity index (χ2v) is 9.21. The monoisotopic (exact) mass is 370 g/mol. The summed E-state index contributed by atoms with van der Waals surface area (Å²) in [6.07, 6.45) is 23.6. The van der Waals surface area contributed by atoms with E-state index in [1.165, 1.54) is 109 Å². The molecule has 158 valence electrons. The zero-order valence-electron chi connectivity index (χ0n) is 18.9. The van der Waals surface area contributed by atoms with Crippen molar-refractivity contribution in [3.05, 3.63) is 0 Å². The van der Waals surface area contributed by atoms with E-state index in [9.17, 15) is 5.11 Å². The first-order chi connectivity index (χ1) is 12.5. The van der Waals surface area contributed by atoms with Crippen LogP contribution in [-0.4, -0.2) is 42.9 Å². The fourth-order valence-corrected chi connectivity index (χ4v) is 3.88. The van der Waals surface area contributed by atoms with Crippen LogP contribution >= 0.6 is 0 Å². The highest BCUT2D eigenvalue weighted by molar-refractivity contribution is 4.52. The fourth-order valence-electron chi connectivity index (χ4n) is 3.88. The van der Waals surface area contributed by atoms with E-state index < -0.39 is 0 Å². The maximum atomic E-state index is 9.81. The Morgan fingerprint density at radius 1 is 0.577 bits per heavy atom. The molecule has 26 heavy (non-hydrogen) atoms. The maximum absolute atomic E-state index is 9.81. The molecule has 0 bridgehead atoms. The van der Waals surface area contributed by atoms with Crippen molar-refractivity contribution in [1.82, 2.24) is 0 Å². The highest BCUT2D eigenvalue weighted by Gasteiger charge is 2.18. The second-order valence-electron chi connectivity index (χ2n) is 9.21. The number of quaternary nitrogens is 1. The zero-order valence-corrected chi connectivity index (χ0v) is 18.9. The molecule has 1 atom stereocenters. The number of aliphatic hydroxyl groups is 1. The molecule has 0 aliphatic carbocycles. The molecular weight excluding hydrogens is 318 g/mol. The first-order valence-electron chi connectivity index (χ1n) is 12.0. The molecule has 0 saturated heterocycles. The Labute approximate surface area is 166 Å². The van der Waals surface area contributed by atoms with E-state index in [0.29, 0.717) is 0 Å². The zero-order chi connectivity index (χ0) is 19.5. The fraction of sp³-hybridized carbons (Fsp3) is 1.00. The number of hydrogen-bond donors (Lipinski definition) is 1. The van der Waals surface area contributed by atoms with Gasteiger partial charge in [-0.3, -0.25) is 0 Å². The lowest BCUT2D eigenvalue weighted by molar-refractivity contribution is -0.893. The van der Waals surface area contributed by atoms with Gasteiger partial charge in [-0.2, -0.15) is 0 Å². The predicted octanol–water partition coefficient (Wildman–Crippen LogP) is 7.10. The van der Waals surface area contributed by atoms with Crippen LogP contribution in [0.5, 0.6) is 0 Å².